The van der Waals surface area contributed by atoms with E-state index in [9.17, 15) is 9.18 Å². The SMILES string of the molecule is Cc1nc(/C=C/C(=O)N[C@@H](COc2ccccc2F)c2ccccc2)cs1. The Morgan fingerprint density at radius 1 is 1.22 bits per heavy atom. The van der Waals surface area contributed by atoms with Gasteiger partial charge in [0.2, 0.25) is 5.91 Å². The molecule has 0 aliphatic rings. The summed E-state index contributed by atoms with van der Waals surface area (Å²) in [7, 11) is 0. The second kappa shape index (κ2) is 9.09. The number of thiazole rings is 1. The molecule has 1 amide bonds. The maximum Gasteiger partial charge on any atom is 0.244 e. The molecular weight excluding hydrogens is 363 g/mol. The van der Waals surface area contributed by atoms with E-state index < -0.39 is 11.9 Å². The summed E-state index contributed by atoms with van der Waals surface area (Å²) in [6, 6.07) is 15.2. The van der Waals surface area contributed by atoms with Gasteiger partial charge in [-0.05, 0) is 30.7 Å². The number of ether oxygens (including phenoxy) is 1. The normalized spacial score (nSPS) is 12.1. The zero-order valence-electron chi connectivity index (χ0n) is 14.8. The van der Waals surface area contributed by atoms with Crippen LogP contribution in [0.2, 0.25) is 0 Å². The molecule has 2 aromatic carbocycles. The fraction of sp³-hybridized carbons (Fsp3) is 0.143. The summed E-state index contributed by atoms with van der Waals surface area (Å²) in [4.78, 5) is 16.6. The molecule has 0 aliphatic heterocycles. The zero-order valence-corrected chi connectivity index (χ0v) is 15.6. The Hall–Kier alpha value is -2.99. The second-order valence-electron chi connectivity index (χ2n) is 5.84. The van der Waals surface area contributed by atoms with Crippen LogP contribution in [0.5, 0.6) is 5.75 Å². The lowest BCUT2D eigenvalue weighted by Crippen LogP contribution is -2.31. The van der Waals surface area contributed by atoms with Crippen molar-refractivity contribution < 1.29 is 13.9 Å². The van der Waals surface area contributed by atoms with Crippen LogP contribution >= 0.6 is 11.3 Å². The highest BCUT2D eigenvalue weighted by atomic mass is 32.1. The highest BCUT2D eigenvalue weighted by molar-refractivity contribution is 7.09. The van der Waals surface area contributed by atoms with Crippen molar-refractivity contribution in [2.24, 2.45) is 0 Å². The molecular formula is C21H19FN2O2S. The monoisotopic (exact) mass is 382 g/mol. The van der Waals surface area contributed by atoms with Crippen LogP contribution in [0.4, 0.5) is 4.39 Å². The van der Waals surface area contributed by atoms with E-state index in [1.165, 1.54) is 23.5 Å². The number of nitrogens with one attached hydrogen (secondary N) is 1. The number of aromatic nitrogens is 1. The van der Waals surface area contributed by atoms with E-state index in [-0.39, 0.29) is 18.3 Å². The molecule has 0 saturated heterocycles. The Morgan fingerprint density at radius 2 is 1.96 bits per heavy atom. The molecule has 6 heteroatoms. The van der Waals surface area contributed by atoms with Gasteiger partial charge in [0.15, 0.2) is 11.6 Å². The number of nitrogens with zero attached hydrogens (tertiary/aromatic N) is 1. The first kappa shape index (κ1) is 18.8. The van der Waals surface area contributed by atoms with Crippen LogP contribution in [0, 0.1) is 12.7 Å². The summed E-state index contributed by atoms with van der Waals surface area (Å²) in [5.41, 5.74) is 1.62. The van der Waals surface area contributed by atoms with Gasteiger partial charge in [0.1, 0.15) is 6.61 Å². The minimum absolute atomic E-state index is 0.111. The first-order valence-electron chi connectivity index (χ1n) is 8.45. The molecule has 0 fully saturated rings. The topological polar surface area (TPSA) is 51.2 Å². The lowest BCUT2D eigenvalue weighted by Gasteiger charge is -2.19. The highest BCUT2D eigenvalue weighted by Crippen LogP contribution is 2.19. The lowest BCUT2D eigenvalue weighted by molar-refractivity contribution is -0.117. The molecule has 0 saturated carbocycles. The molecule has 138 valence electrons. The van der Waals surface area contributed by atoms with Crippen molar-refractivity contribution in [1.82, 2.24) is 10.3 Å². The maximum atomic E-state index is 13.8. The summed E-state index contributed by atoms with van der Waals surface area (Å²) < 4.78 is 19.4. The number of aryl methyl sites for hydroxylation is 1. The molecule has 4 nitrogen and oxygen atoms in total. The van der Waals surface area contributed by atoms with Gasteiger partial charge in [0, 0.05) is 11.5 Å². The molecule has 0 aliphatic carbocycles. The Kier molecular flexibility index (Phi) is 6.33. The number of benzene rings is 2. The third-order valence-corrected chi connectivity index (χ3v) is 4.59. The maximum absolute atomic E-state index is 13.8. The van der Waals surface area contributed by atoms with Crippen LogP contribution in [0.3, 0.4) is 0 Å². The predicted octanol–water partition coefficient (Wildman–Crippen LogP) is 4.54. The Bertz CT molecular complexity index is 925. The molecule has 3 rings (SSSR count). The highest BCUT2D eigenvalue weighted by Gasteiger charge is 2.15. The number of halogens is 1. The van der Waals surface area contributed by atoms with E-state index in [0.717, 1.165) is 16.3 Å². The van der Waals surface area contributed by atoms with Gasteiger partial charge < -0.3 is 10.1 Å². The lowest BCUT2D eigenvalue weighted by atomic mass is 10.1. The van der Waals surface area contributed by atoms with Crippen molar-refractivity contribution in [2.75, 3.05) is 6.61 Å². The first-order chi connectivity index (χ1) is 13.1. The number of hydrogen-bond acceptors (Lipinski definition) is 4. The number of hydrogen-bond donors (Lipinski definition) is 1. The van der Waals surface area contributed by atoms with Crippen molar-refractivity contribution in [3.05, 3.63) is 88.1 Å². The summed E-state index contributed by atoms with van der Waals surface area (Å²) in [6.07, 6.45) is 3.10. The van der Waals surface area contributed by atoms with Gasteiger partial charge in [-0.15, -0.1) is 11.3 Å². The van der Waals surface area contributed by atoms with Crippen LogP contribution in [0.1, 0.15) is 22.3 Å². The molecule has 0 radical (unpaired) electrons. The van der Waals surface area contributed by atoms with Crippen LogP contribution < -0.4 is 10.1 Å². The Balaban J connectivity index is 1.69. The van der Waals surface area contributed by atoms with Gasteiger partial charge in [-0.25, -0.2) is 9.37 Å². The van der Waals surface area contributed by atoms with E-state index in [2.05, 4.69) is 10.3 Å². The van der Waals surface area contributed by atoms with E-state index in [1.807, 2.05) is 42.6 Å². The van der Waals surface area contributed by atoms with Crippen LogP contribution in [0.25, 0.3) is 6.08 Å². The molecule has 0 bridgehead atoms. The van der Waals surface area contributed by atoms with E-state index in [0.29, 0.717) is 0 Å². The van der Waals surface area contributed by atoms with Gasteiger partial charge in [-0.1, -0.05) is 42.5 Å². The first-order valence-corrected chi connectivity index (χ1v) is 9.33. The van der Waals surface area contributed by atoms with Gasteiger partial charge in [0.25, 0.3) is 0 Å². The Morgan fingerprint density at radius 3 is 2.67 bits per heavy atom. The summed E-state index contributed by atoms with van der Waals surface area (Å²) in [5.74, 6) is -0.553. The van der Waals surface area contributed by atoms with Crippen molar-refractivity contribution in [3.63, 3.8) is 0 Å². The third-order valence-electron chi connectivity index (χ3n) is 3.80. The van der Waals surface area contributed by atoms with Crippen molar-refractivity contribution in [3.8, 4) is 5.75 Å². The number of carbonyl (C=O) groups is 1. The van der Waals surface area contributed by atoms with Gasteiger partial charge in [-0.2, -0.15) is 0 Å². The number of rotatable bonds is 7. The largest absolute Gasteiger partial charge is 0.488 e. The number of carbonyl (C=O) groups excluding carboxylic acids is 1. The average molecular weight is 382 g/mol. The minimum atomic E-state index is -0.436. The molecule has 1 heterocycles. The molecule has 27 heavy (non-hydrogen) atoms. The zero-order chi connectivity index (χ0) is 19.1. The van der Waals surface area contributed by atoms with Gasteiger partial charge in [-0.3, -0.25) is 4.79 Å². The quantitative estimate of drug-likeness (QED) is 0.611. The number of para-hydroxylation sites is 1. The van der Waals surface area contributed by atoms with Crippen molar-refractivity contribution >= 4 is 23.3 Å². The van der Waals surface area contributed by atoms with Crippen LogP contribution in [-0.2, 0) is 4.79 Å². The van der Waals surface area contributed by atoms with Crippen LogP contribution in [0.15, 0.2) is 66.1 Å². The Labute approximate surface area is 161 Å². The van der Waals surface area contributed by atoms with Crippen molar-refractivity contribution in [1.29, 1.82) is 0 Å². The summed E-state index contributed by atoms with van der Waals surface area (Å²) in [5, 5.41) is 5.73. The predicted molar refractivity (Wildman–Crippen MR) is 105 cm³/mol. The fourth-order valence-corrected chi connectivity index (χ4v) is 3.06. The smallest absolute Gasteiger partial charge is 0.244 e. The third kappa shape index (κ3) is 5.49. The molecule has 0 spiro atoms. The van der Waals surface area contributed by atoms with Crippen molar-refractivity contribution in [2.45, 2.75) is 13.0 Å². The standard InChI is InChI=1S/C21H19FN2O2S/c1-15-23-17(14-27-15)11-12-21(25)24-19(16-7-3-2-4-8-16)13-26-20-10-6-5-9-18(20)22/h2-12,14,19H,13H2,1H3,(H,24,25)/b12-11+/t19-/m0/s1. The van der Waals surface area contributed by atoms with E-state index in [1.54, 1.807) is 24.3 Å². The van der Waals surface area contributed by atoms with E-state index in [4.69, 9.17) is 4.74 Å². The summed E-state index contributed by atoms with van der Waals surface area (Å²) in [6.45, 7) is 2.02. The number of amides is 1. The molecule has 0 unspecified atom stereocenters. The molecule has 1 N–H and O–H groups in total. The van der Waals surface area contributed by atoms with Crippen LogP contribution in [-0.4, -0.2) is 17.5 Å². The van der Waals surface area contributed by atoms with Gasteiger partial charge in [0.05, 0.1) is 16.7 Å². The fourth-order valence-electron chi connectivity index (χ4n) is 2.48. The molecule has 1 aromatic heterocycles. The minimum Gasteiger partial charge on any atom is -0.488 e. The van der Waals surface area contributed by atoms with Gasteiger partial charge >= 0.3 is 0 Å². The average Bonchev–Trinajstić information content (AvgIpc) is 3.10. The summed E-state index contributed by atoms with van der Waals surface area (Å²) >= 11 is 1.52. The molecule has 1 atom stereocenters. The molecule has 3 aromatic rings. The van der Waals surface area contributed by atoms with E-state index >= 15 is 0 Å². The second-order valence-corrected chi connectivity index (χ2v) is 6.90.